The fraction of sp³-hybridized carbons (Fsp3) is 0.111. The van der Waals surface area contributed by atoms with Gasteiger partial charge in [-0.25, -0.2) is 4.68 Å². The number of aromatic nitrogens is 2. The Morgan fingerprint density at radius 1 is 1.22 bits per heavy atom. The lowest BCUT2D eigenvalue weighted by Gasteiger charge is -2.07. The molecule has 0 fully saturated rings. The number of halogens is 1. The van der Waals surface area contributed by atoms with E-state index < -0.39 is 0 Å². The molecule has 2 aromatic carbocycles. The molecule has 0 saturated carbocycles. The van der Waals surface area contributed by atoms with Crippen molar-refractivity contribution in [2.24, 2.45) is 0 Å². The van der Waals surface area contributed by atoms with E-state index in [1.54, 1.807) is 23.0 Å². The Hall–Kier alpha value is -2.59. The highest BCUT2D eigenvalue weighted by Crippen LogP contribution is 2.31. The van der Waals surface area contributed by atoms with Crippen LogP contribution >= 0.6 is 11.6 Å². The summed E-state index contributed by atoms with van der Waals surface area (Å²) in [5, 5.41) is 5.02. The molecule has 0 unspecified atom stereocenters. The van der Waals surface area contributed by atoms with Crippen molar-refractivity contribution >= 4 is 17.9 Å². The lowest BCUT2D eigenvalue weighted by Crippen LogP contribution is -1.95. The number of hydrogen-bond donors (Lipinski definition) is 0. The first kappa shape index (κ1) is 15.3. The summed E-state index contributed by atoms with van der Waals surface area (Å²) < 4.78 is 7.12. The highest BCUT2D eigenvalue weighted by Gasteiger charge is 2.13. The molecular formula is C18H15ClN2O2. The SMILES string of the molecule is CCOc1ccc(-c2nn(-c3ccccc3)cc2C=O)cc1Cl. The Balaban J connectivity index is 2.04. The third kappa shape index (κ3) is 3.12. The van der Waals surface area contributed by atoms with E-state index >= 15 is 0 Å². The molecule has 3 aromatic rings. The van der Waals surface area contributed by atoms with Crippen molar-refractivity contribution in [1.29, 1.82) is 0 Å². The summed E-state index contributed by atoms with van der Waals surface area (Å²) >= 11 is 6.23. The average molecular weight is 327 g/mol. The third-order valence-corrected chi connectivity index (χ3v) is 3.69. The van der Waals surface area contributed by atoms with E-state index in [1.165, 1.54) is 0 Å². The van der Waals surface area contributed by atoms with E-state index in [1.807, 2.05) is 43.3 Å². The van der Waals surface area contributed by atoms with Crippen LogP contribution in [0, 0.1) is 0 Å². The monoisotopic (exact) mass is 326 g/mol. The third-order valence-electron chi connectivity index (χ3n) is 3.40. The number of hydrogen-bond acceptors (Lipinski definition) is 3. The normalized spacial score (nSPS) is 10.5. The van der Waals surface area contributed by atoms with Crippen LogP contribution in [0.5, 0.6) is 5.75 Å². The predicted octanol–water partition coefficient (Wildman–Crippen LogP) is 4.40. The summed E-state index contributed by atoms with van der Waals surface area (Å²) in [7, 11) is 0. The van der Waals surface area contributed by atoms with Crippen molar-refractivity contribution in [3.8, 4) is 22.7 Å². The minimum absolute atomic E-state index is 0.496. The zero-order valence-electron chi connectivity index (χ0n) is 12.6. The maximum atomic E-state index is 11.4. The number of rotatable bonds is 5. The maximum absolute atomic E-state index is 11.4. The first-order valence-electron chi connectivity index (χ1n) is 7.26. The molecule has 0 saturated heterocycles. The van der Waals surface area contributed by atoms with Crippen molar-refractivity contribution in [2.75, 3.05) is 6.61 Å². The van der Waals surface area contributed by atoms with E-state index in [2.05, 4.69) is 5.10 Å². The van der Waals surface area contributed by atoms with Crippen molar-refractivity contribution in [3.05, 3.63) is 65.3 Å². The molecule has 5 heteroatoms. The van der Waals surface area contributed by atoms with E-state index in [4.69, 9.17) is 16.3 Å². The molecule has 0 aliphatic heterocycles. The molecule has 4 nitrogen and oxygen atoms in total. The molecule has 0 N–H and O–H groups in total. The predicted molar refractivity (Wildman–Crippen MR) is 90.6 cm³/mol. The zero-order chi connectivity index (χ0) is 16.2. The van der Waals surface area contributed by atoms with Crippen molar-refractivity contribution < 1.29 is 9.53 Å². The first-order valence-corrected chi connectivity index (χ1v) is 7.63. The second kappa shape index (κ2) is 6.67. The van der Waals surface area contributed by atoms with Gasteiger partial charge < -0.3 is 4.74 Å². The van der Waals surface area contributed by atoms with Gasteiger partial charge in [0.2, 0.25) is 0 Å². The molecule has 3 rings (SSSR count). The number of benzene rings is 2. The van der Waals surface area contributed by atoms with Gasteiger partial charge >= 0.3 is 0 Å². The van der Waals surface area contributed by atoms with Gasteiger partial charge in [0.25, 0.3) is 0 Å². The van der Waals surface area contributed by atoms with Crippen LogP contribution in [0.25, 0.3) is 16.9 Å². The molecule has 116 valence electrons. The van der Waals surface area contributed by atoms with Gasteiger partial charge in [0, 0.05) is 11.8 Å². The lowest BCUT2D eigenvalue weighted by molar-refractivity contribution is 0.112. The lowest BCUT2D eigenvalue weighted by atomic mass is 10.1. The second-order valence-corrected chi connectivity index (χ2v) is 5.32. The number of nitrogens with zero attached hydrogens (tertiary/aromatic N) is 2. The van der Waals surface area contributed by atoms with Crippen LogP contribution in [0.2, 0.25) is 5.02 Å². The summed E-state index contributed by atoms with van der Waals surface area (Å²) in [5.74, 6) is 0.619. The van der Waals surface area contributed by atoms with Crippen LogP contribution < -0.4 is 4.74 Å². The molecule has 0 amide bonds. The standard InChI is InChI=1S/C18H15ClN2O2/c1-2-23-17-9-8-13(10-16(17)19)18-14(12-22)11-21(20-18)15-6-4-3-5-7-15/h3-12H,2H2,1H3. The summed E-state index contributed by atoms with van der Waals surface area (Å²) in [6, 6.07) is 15.0. The van der Waals surface area contributed by atoms with E-state index in [9.17, 15) is 4.79 Å². The van der Waals surface area contributed by atoms with Gasteiger partial charge in [-0.1, -0.05) is 29.8 Å². The van der Waals surface area contributed by atoms with Gasteiger partial charge in [0.1, 0.15) is 11.4 Å². The summed E-state index contributed by atoms with van der Waals surface area (Å²) in [5.41, 5.74) is 2.76. The fourth-order valence-electron chi connectivity index (χ4n) is 2.33. The second-order valence-electron chi connectivity index (χ2n) is 4.91. The van der Waals surface area contributed by atoms with Crippen LogP contribution in [0.3, 0.4) is 0 Å². The zero-order valence-corrected chi connectivity index (χ0v) is 13.3. The molecule has 1 heterocycles. The van der Waals surface area contributed by atoms with E-state index in [-0.39, 0.29) is 0 Å². The summed E-state index contributed by atoms with van der Waals surface area (Å²) in [4.78, 5) is 11.4. The smallest absolute Gasteiger partial charge is 0.153 e. The summed E-state index contributed by atoms with van der Waals surface area (Å²) in [6.07, 6.45) is 2.51. The van der Waals surface area contributed by atoms with Crippen LogP contribution in [0.15, 0.2) is 54.7 Å². The van der Waals surface area contributed by atoms with Crippen molar-refractivity contribution in [2.45, 2.75) is 6.92 Å². The minimum atomic E-state index is 0.496. The molecular weight excluding hydrogens is 312 g/mol. The Kier molecular flexibility index (Phi) is 4.44. The number of ether oxygens (including phenoxy) is 1. The molecule has 0 spiro atoms. The number of carbonyl (C=O) groups excluding carboxylic acids is 1. The number of para-hydroxylation sites is 1. The van der Waals surface area contributed by atoms with Crippen LogP contribution in [-0.2, 0) is 0 Å². The first-order chi connectivity index (χ1) is 11.2. The average Bonchev–Trinajstić information content (AvgIpc) is 3.02. The quantitative estimate of drug-likeness (QED) is 0.652. The van der Waals surface area contributed by atoms with Crippen LogP contribution in [0.4, 0.5) is 0 Å². The van der Waals surface area contributed by atoms with Crippen molar-refractivity contribution in [3.63, 3.8) is 0 Å². The molecule has 0 bridgehead atoms. The Morgan fingerprint density at radius 2 is 2.00 bits per heavy atom. The topological polar surface area (TPSA) is 44.1 Å². The van der Waals surface area contributed by atoms with Gasteiger partial charge in [-0.05, 0) is 37.3 Å². The Bertz CT molecular complexity index is 828. The number of aldehydes is 1. The molecule has 23 heavy (non-hydrogen) atoms. The highest BCUT2D eigenvalue weighted by atomic mass is 35.5. The molecule has 0 aliphatic rings. The largest absolute Gasteiger partial charge is 0.492 e. The highest BCUT2D eigenvalue weighted by molar-refractivity contribution is 6.32. The Labute approximate surface area is 139 Å². The van der Waals surface area contributed by atoms with Crippen LogP contribution in [0.1, 0.15) is 17.3 Å². The maximum Gasteiger partial charge on any atom is 0.153 e. The molecule has 1 aromatic heterocycles. The molecule has 0 aliphatic carbocycles. The Morgan fingerprint density at radius 3 is 2.65 bits per heavy atom. The van der Waals surface area contributed by atoms with Crippen molar-refractivity contribution in [1.82, 2.24) is 9.78 Å². The fourth-order valence-corrected chi connectivity index (χ4v) is 2.57. The van der Waals surface area contributed by atoms with Gasteiger partial charge in [0.15, 0.2) is 6.29 Å². The van der Waals surface area contributed by atoms with Gasteiger partial charge in [-0.15, -0.1) is 0 Å². The molecule has 0 atom stereocenters. The van der Waals surface area contributed by atoms with Gasteiger partial charge in [0.05, 0.1) is 22.9 Å². The minimum Gasteiger partial charge on any atom is -0.492 e. The van der Waals surface area contributed by atoms with E-state index in [0.29, 0.717) is 28.6 Å². The van der Waals surface area contributed by atoms with Gasteiger partial charge in [-0.2, -0.15) is 5.10 Å². The summed E-state index contributed by atoms with van der Waals surface area (Å²) in [6.45, 7) is 2.44. The number of carbonyl (C=O) groups is 1. The van der Waals surface area contributed by atoms with E-state index in [0.717, 1.165) is 17.5 Å². The van der Waals surface area contributed by atoms with Crippen LogP contribution in [-0.4, -0.2) is 22.7 Å². The molecule has 0 radical (unpaired) electrons. The van der Waals surface area contributed by atoms with Gasteiger partial charge in [-0.3, -0.25) is 4.79 Å².